The second kappa shape index (κ2) is 12.6. The van der Waals surface area contributed by atoms with Crippen LogP contribution in [0.5, 0.6) is 0 Å². The van der Waals surface area contributed by atoms with Crippen LogP contribution in [-0.2, 0) is 27.3 Å². The average molecular weight is 600 g/mol. The number of amides is 3. The van der Waals surface area contributed by atoms with E-state index < -0.39 is 18.2 Å². The van der Waals surface area contributed by atoms with Gasteiger partial charge in [-0.1, -0.05) is 61.7 Å². The summed E-state index contributed by atoms with van der Waals surface area (Å²) in [6.45, 7) is 0.762. The molecule has 2 aliphatic rings. The molecule has 10 heteroatoms. The summed E-state index contributed by atoms with van der Waals surface area (Å²) in [6, 6.07) is 16.4. The first-order valence-electron chi connectivity index (χ1n) is 14.9. The number of aromatic nitrogens is 1. The number of nitrogens with one attached hydrogen (secondary N) is 2. The zero-order chi connectivity index (χ0) is 29.9. The third-order valence-corrected chi connectivity index (χ3v) is 10.1. The largest absolute Gasteiger partial charge is 0.453 e. The lowest BCUT2D eigenvalue weighted by Gasteiger charge is -2.46. The van der Waals surface area contributed by atoms with Gasteiger partial charge in [-0.2, -0.15) is 0 Å². The Bertz CT molecular complexity index is 1650. The van der Waals surface area contributed by atoms with E-state index in [-0.39, 0.29) is 17.7 Å². The van der Waals surface area contributed by atoms with Gasteiger partial charge in [0.05, 0.1) is 13.7 Å². The molecule has 0 radical (unpaired) electrons. The van der Waals surface area contributed by atoms with Crippen LogP contribution in [0.15, 0.2) is 60.8 Å². The van der Waals surface area contributed by atoms with Gasteiger partial charge in [0, 0.05) is 34.1 Å². The number of ether oxygens (including phenoxy) is 1. The number of nitrogens with zero attached hydrogens (tertiary/aromatic N) is 2. The average Bonchev–Trinajstić information content (AvgIpc) is 3.47. The van der Waals surface area contributed by atoms with E-state index in [1.54, 1.807) is 22.4 Å². The van der Waals surface area contributed by atoms with Gasteiger partial charge in [0.15, 0.2) is 0 Å². The molecule has 4 N–H and O–H groups in total. The summed E-state index contributed by atoms with van der Waals surface area (Å²) in [5, 5.41) is 9.09. The topological polar surface area (TPSA) is 127 Å². The molecule has 2 fully saturated rings. The highest BCUT2D eigenvalue weighted by Gasteiger charge is 2.46. The minimum absolute atomic E-state index is 0.0421. The lowest BCUT2D eigenvalue weighted by molar-refractivity contribution is -0.135. The lowest BCUT2D eigenvalue weighted by atomic mass is 9.70. The van der Waals surface area contributed by atoms with Crippen molar-refractivity contribution in [2.75, 3.05) is 19.4 Å². The van der Waals surface area contributed by atoms with Crippen LogP contribution in [0.4, 0.5) is 10.6 Å². The molecule has 6 rings (SSSR count). The predicted molar refractivity (Wildman–Crippen MR) is 168 cm³/mol. The van der Waals surface area contributed by atoms with Crippen LogP contribution < -0.4 is 16.4 Å². The zero-order valence-corrected chi connectivity index (χ0v) is 25.1. The molecule has 0 bridgehead atoms. The number of rotatable bonds is 7. The van der Waals surface area contributed by atoms with Gasteiger partial charge >= 0.3 is 6.09 Å². The number of fused-ring (bicyclic) bond motifs is 3. The fourth-order valence-electron chi connectivity index (χ4n) is 6.92. The second-order valence-electron chi connectivity index (χ2n) is 11.5. The first kappa shape index (κ1) is 28.9. The summed E-state index contributed by atoms with van der Waals surface area (Å²) in [6.07, 6.45) is 6.43. The summed E-state index contributed by atoms with van der Waals surface area (Å²) >= 11 is 1.55. The van der Waals surface area contributed by atoms with Crippen molar-refractivity contribution in [1.29, 1.82) is 0 Å². The third-order valence-electron chi connectivity index (χ3n) is 9.03. The summed E-state index contributed by atoms with van der Waals surface area (Å²) < 4.78 is 6.08. The number of hydrogen-bond acceptors (Lipinski definition) is 7. The van der Waals surface area contributed by atoms with Crippen molar-refractivity contribution >= 4 is 55.9 Å². The molecule has 0 spiro atoms. The van der Waals surface area contributed by atoms with Crippen molar-refractivity contribution in [3.63, 3.8) is 0 Å². The van der Waals surface area contributed by atoms with Gasteiger partial charge in [0.2, 0.25) is 11.8 Å². The molecule has 43 heavy (non-hydrogen) atoms. The summed E-state index contributed by atoms with van der Waals surface area (Å²) in [5.74, 6) is 0.288. The molecule has 3 heterocycles. The molecular weight excluding hydrogens is 562 g/mol. The fourth-order valence-corrected chi connectivity index (χ4v) is 7.93. The van der Waals surface area contributed by atoms with Gasteiger partial charge in [-0.3, -0.25) is 14.5 Å². The summed E-state index contributed by atoms with van der Waals surface area (Å²) in [7, 11) is 1.35. The molecule has 3 unspecified atom stereocenters. The summed E-state index contributed by atoms with van der Waals surface area (Å²) in [4.78, 5) is 47.4. The van der Waals surface area contributed by atoms with Crippen LogP contribution in [0, 0.1) is 11.8 Å². The molecule has 4 aromatic rings. The van der Waals surface area contributed by atoms with Crippen molar-refractivity contribution in [2.24, 2.45) is 11.8 Å². The highest BCUT2D eigenvalue weighted by Crippen LogP contribution is 2.40. The highest BCUT2D eigenvalue weighted by molar-refractivity contribution is 7.19. The van der Waals surface area contributed by atoms with Crippen LogP contribution >= 0.6 is 11.3 Å². The number of pyridine rings is 1. The van der Waals surface area contributed by atoms with Crippen LogP contribution in [-0.4, -0.2) is 53.5 Å². The number of carbonyl (C=O) groups excluding carboxylic acids is 3. The monoisotopic (exact) mass is 599 g/mol. The Balaban J connectivity index is 1.27. The van der Waals surface area contributed by atoms with E-state index in [1.807, 2.05) is 54.6 Å². The molecule has 3 amide bonds. The van der Waals surface area contributed by atoms with Gasteiger partial charge in [-0.05, 0) is 53.1 Å². The number of hydrogen-bond donors (Lipinski definition) is 3. The predicted octanol–water partition coefficient (Wildman–Crippen LogP) is 5.02. The smallest absolute Gasteiger partial charge is 0.410 e. The highest BCUT2D eigenvalue weighted by atomic mass is 32.1. The molecule has 2 aromatic heterocycles. The lowest BCUT2D eigenvalue weighted by Crippen LogP contribution is -2.61. The Kier molecular flexibility index (Phi) is 8.47. The Morgan fingerprint density at radius 3 is 2.72 bits per heavy atom. The van der Waals surface area contributed by atoms with Crippen molar-refractivity contribution in [1.82, 2.24) is 20.5 Å². The Labute approximate surface area is 254 Å². The maximum atomic E-state index is 14.1. The molecule has 1 aliphatic carbocycles. The number of carbonyl (C=O) groups is 3. The van der Waals surface area contributed by atoms with E-state index in [1.165, 1.54) is 7.11 Å². The van der Waals surface area contributed by atoms with E-state index in [0.29, 0.717) is 31.2 Å². The Morgan fingerprint density at radius 2 is 1.88 bits per heavy atom. The zero-order valence-electron chi connectivity index (χ0n) is 24.3. The first-order valence-corrected chi connectivity index (χ1v) is 15.8. The minimum atomic E-state index is -0.845. The fraction of sp³-hybridized carbons (Fsp3) is 0.394. The van der Waals surface area contributed by atoms with Crippen LogP contribution in [0.1, 0.15) is 42.5 Å². The van der Waals surface area contributed by atoms with Crippen molar-refractivity contribution in [3.8, 4) is 0 Å². The van der Waals surface area contributed by atoms with Gasteiger partial charge in [-0.15, -0.1) is 11.3 Å². The Morgan fingerprint density at radius 1 is 1.07 bits per heavy atom. The molecule has 224 valence electrons. The van der Waals surface area contributed by atoms with Crippen molar-refractivity contribution in [2.45, 2.75) is 57.2 Å². The van der Waals surface area contributed by atoms with Gasteiger partial charge in [-0.25, -0.2) is 9.78 Å². The number of likely N-dealkylation sites (tertiary alicyclic amines) is 1. The summed E-state index contributed by atoms with van der Waals surface area (Å²) in [5.41, 5.74) is 7.01. The first-order chi connectivity index (χ1) is 20.9. The van der Waals surface area contributed by atoms with Crippen LogP contribution in [0.2, 0.25) is 0 Å². The maximum Gasteiger partial charge on any atom is 0.410 e. The number of piperidine rings is 1. The number of methoxy groups -OCH3 is 1. The third kappa shape index (κ3) is 6.01. The number of benzene rings is 2. The van der Waals surface area contributed by atoms with Gasteiger partial charge in [0.1, 0.15) is 17.9 Å². The van der Waals surface area contributed by atoms with E-state index in [4.69, 9.17) is 10.5 Å². The van der Waals surface area contributed by atoms with E-state index in [9.17, 15) is 14.4 Å². The molecule has 2 aromatic carbocycles. The van der Waals surface area contributed by atoms with Crippen molar-refractivity contribution < 1.29 is 19.1 Å². The molecular formula is C33H37N5O4S. The molecule has 1 aliphatic heterocycles. The number of nitrogens with two attached hydrogens (primary N) is 1. The van der Waals surface area contributed by atoms with Gasteiger partial charge < -0.3 is 21.1 Å². The van der Waals surface area contributed by atoms with E-state index in [2.05, 4.69) is 15.6 Å². The van der Waals surface area contributed by atoms with Crippen LogP contribution in [0.3, 0.4) is 0 Å². The normalized spacial score (nSPS) is 20.8. The standard InChI is InChI=1S/C33H37N5O4S/c1-42-33(41)38-16-14-21-8-3-5-12-25(21)29(38)32(40)37-27(17-22-10-6-9-20-7-2-4-11-24(20)22)31(39)36-19-23-18-26-28(43-23)13-15-35-30(26)34/h2,4,6-7,9-11,13,15,18,21,25,27,29H,3,5,8,12,14,16-17,19H2,1H3,(H2,34,35)(H,36,39)(H,37,40)/t21?,25?,27-,29?/m0/s1. The minimum Gasteiger partial charge on any atom is -0.453 e. The second-order valence-corrected chi connectivity index (χ2v) is 12.7. The van der Waals surface area contributed by atoms with Crippen molar-refractivity contribution in [3.05, 3.63) is 71.2 Å². The molecule has 4 atom stereocenters. The maximum absolute atomic E-state index is 14.1. The number of anilines is 1. The number of nitrogen functional groups attached to an aromatic ring is 1. The van der Waals surface area contributed by atoms with Crippen LogP contribution in [0.25, 0.3) is 20.9 Å². The number of thiophene rings is 1. The quantitative estimate of drug-likeness (QED) is 0.274. The Hall–Kier alpha value is -4.18. The van der Waals surface area contributed by atoms with E-state index >= 15 is 0 Å². The van der Waals surface area contributed by atoms with E-state index in [0.717, 1.165) is 63.4 Å². The SMILES string of the molecule is COC(=O)N1CCC2CCCCC2C1C(=O)N[C@@H](Cc1cccc2ccccc12)C(=O)NCc1cc2c(N)nccc2s1. The molecule has 1 saturated carbocycles. The molecule has 1 saturated heterocycles. The van der Waals surface area contributed by atoms with Gasteiger partial charge in [0.25, 0.3) is 0 Å². The molecule has 9 nitrogen and oxygen atoms in total.